The molecule has 0 bridgehead atoms. The number of aromatic amines is 1. The van der Waals surface area contributed by atoms with Crippen molar-refractivity contribution in [3.8, 4) is 17.3 Å². The van der Waals surface area contributed by atoms with Gasteiger partial charge in [-0.3, -0.25) is 10.1 Å². The van der Waals surface area contributed by atoms with Crippen molar-refractivity contribution in [2.24, 2.45) is 0 Å². The molecule has 0 aliphatic carbocycles. The Balaban J connectivity index is 1.69. The molecule has 0 saturated heterocycles. The fraction of sp³-hybridized carbons (Fsp3) is 0.0769. The van der Waals surface area contributed by atoms with Crippen LogP contribution in [0.4, 0.5) is 5.69 Å². The van der Waals surface area contributed by atoms with Crippen LogP contribution in [0, 0.1) is 0 Å². The summed E-state index contributed by atoms with van der Waals surface area (Å²) in [4.78, 5) is 12.4. The van der Waals surface area contributed by atoms with E-state index >= 15 is 0 Å². The molecule has 2 heterocycles. The summed E-state index contributed by atoms with van der Waals surface area (Å²) in [6.07, 6.45) is 4.79. The fourth-order valence-electron chi connectivity index (χ4n) is 1.65. The fourth-order valence-corrected chi connectivity index (χ4v) is 1.65. The van der Waals surface area contributed by atoms with E-state index in [0.717, 1.165) is 0 Å². The van der Waals surface area contributed by atoms with Crippen LogP contribution in [0.2, 0.25) is 0 Å². The Hall–Kier alpha value is -2.96. The van der Waals surface area contributed by atoms with Crippen LogP contribution in [0.5, 0.6) is 5.75 Å². The maximum absolute atomic E-state index is 5.68. The Morgan fingerprint density at radius 2 is 2.20 bits per heavy atom. The van der Waals surface area contributed by atoms with E-state index in [9.17, 15) is 0 Å². The van der Waals surface area contributed by atoms with E-state index in [-0.39, 0.29) is 6.61 Å². The van der Waals surface area contributed by atoms with Gasteiger partial charge in [-0.25, -0.2) is 9.97 Å². The van der Waals surface area contributed by atoms with Gasteiger partial charge in [0.2, 0.25) is 5.82 Å². The van der Waals surface area contributed by atoms with Crippen molar-refractivity contribution in [3.05, 3.63) is 48.7 Å². The number of anilines is 1. The normalized spacial score (nSPS) is 10.4. The lowest BCUT2D eigenvalue weighted by Gasteiger charge is -2.03. The van der Waals surface area contributed by atoms with Gasteiger partial charge >= 0.3 is 0 Å². The van der Waals surface area contributed by atoms with Crippen molar-refractivity contribution >= 4 is 5.69 Å². The third-order valence-electron chi connectivity index (χ3n) is 2.56. The lowest BCUT2D eigenvalue weighted by atomic mass is 10.3. The first kappa shape index (κ1) is 12.1. The molecule has 0 amide bonds. The second-order valence-electron chi connectivity index (χ2n) is 4.06. The molecule has 7 heteroatoms. The highest BCUT2D eigenvalue weighted by Gasteiger charge is 2.07. The van der Waals surface area contributed by atoms with Gasteiger partial charge in [-0.05, 0) is 12.1 Å². The number of aromatic nitrogens is 5. The number of nitrogens with one attached hydrogen (secondary N) is 1. The summed E-state index contributed by atoms with van der Waals surface area (Å²) < 4.78 is 5.57. The molecule has 0 radical (unpaired) electrons. The molecular formula is C13H12N6O. The van der Waals surface area contributed by atoms with Crippen molar-refractivity contribution in [1.29, 1.82) is 0 Å². The molecule has 0 fully saturated rings. The molecule has 100 valence electrons. The zero-order valence-corrected chi connectivity index (χ0v) is 10.5. The van der Waals surface area contributed by atoms with Gasteiger partial charge in [0.15, 0.2) is 5.82 Å². The number of nitrogen functional groups attached to an aromatic ring is 1. The summed E-state index contributed by atoms with van der Waals surface area (Å²) in [5, 5.41) is 6.88. The predicted molar refractivity (Wildman–Crippen MR) is 72.6 cm³/mol. The van der Waals surface area contributed by atoms with E-state index < -0.39 is 0 Å². The quantitative estimate of drug-likeness (QED) is 0.694. The predicted octanol–water partition coefficient (Wildman–Crippen LogP) is 1.42. The van der Waals surface area contributed by atoms with Crippen molar-refractivity contribution in [1.82, 2.24) is 25.1 Å². The molecule has 0 unspecified atom stereocenters. The zero-order chi connectivity index (χ0) is 13.8. The highest BCUT2D eigenvalue weighted by atomic mass is 16.5. The van der Waals surface area contributed by atoms with Gasteiger partial charge < -0.3 is 10.5 Å². The molecule has 0 atom stereocenters. The van der Waals surface area contributed by atoms with Crippen LogP contribution < -0.4 is 10.5 Å². The molecule has 2 aromatic heterocycles. The average Bonchev–Trinajstić information content (AvgIpc) is 2.95. The number of nitrogens with zero attached hydrogens (tertiary/aromatic N) is 4. The molecule has 3 rings (SSSR count). The Kier molecular flexibility index (Phi) is 3.24. The number of nitrogens with two attached hydrogens (primary N) is 1. The zero-order valence-electron chi connectivity index (χ0n) is 10.5. The van der Waals surface area contributed by atoms with Gasteiger partial charge in [0.05, 0.1) is 6.20 Å². The van der Waals surface area contributed by atoms with Crippen LogP contribution in [0.25, 0.3) is 11.5 Å². The number of H-pyrrole nitrogens is 1. The molecule has 3 N–H and O–H groups in total. The molecule has 0 spiro atoms. The van der Waals surface area contributed by atoms with Gasteiger partial charge in [0.25, 0.3) is 0 Å². The second-order valence-corrected chi connectivity index (χ2v) is 4.06. The summed E-state index contributed by atoms with van der Waals surface area (Å²) in [6, 6.07) is 7.21. The van der Waals surface area contributed by atoms with Gasteiger partial charge in [-0.15, -0.1) is 0 Å². The highest BCUT2D eigenvalue weighted by Crippen LogP contribution is 2.16. The van der Waals surface area contributed by atoms with Gasteiger partial charge in [-0.1, -0.05) is 6.07 Å². The summed E-state index contributed by atoms with van der Waals surface area (Å²) in [6.45, 7) is 0.275. The maximum Gasteiger partial charge on any atom is 0.201 e. The van der Waals surface area contributed by atoms with Gasteiger partial charge in [0.1, 0.15) is 18.1 Å². The monoisotopic (exact) mass is 268 g/mol. The van der Waals surface area contributed by atoms with Crippen LogP contribution in [0.1, 0.15) is 5.82 Å². The van der Waals surface area contributed by atoms with E-state index in [1.165, 1.54) is 0 Å². The minimum atomic E-state index is 0.275. The van der Waals surface area contributed by atoms with Crippen molar-refractivity contribution in [3.63, 3.8) is 0 Å². The topological polar surface area (TPSA) is 103 Å². The Labute approximate surface area is 114 Å². The molecule has 0 aliphatic rings. The summed E-state index contributed by atoms with van der Waals surface area (Å²) in [7, 11) is 0. The average molecular weight is 268 g/mol. The number of benzene rings is 1. The van der Waals surface area contributed by atoms with E-state index in [4.69, 9.17) is 10.5 Å². The van der Waals surface area contributed by atoms with Crippen LogP contribution >= 0.6 is 0 Å². The summed E-state index contributed by atoms with van der Waals surface area (Å²) in [5.41, 5.74) is 6.94. The van der Waals surface area contributed by atoms with Crippen molar-refractivity contribution < 1.29 is 4.74 Å². The molecule has 0 aliphatic heterocycles. The van der Waals surface area contributed by atoms with E-state index in [1.54, 1.807) is 30.7 Å². The molecule has 1 aromatic carbocycles. The Morgan fingerprint density at radius 1 is 1.25 bits per heavy atom. The minimum Gasteiger partial charge on any atom is -0.486 e. The smallest absolute Gasteiger partial charge is 0.201 e. The van der Waals surface area contributed by atoms with Crippen LogP contribution in [0.15, 0.2) is 42.9 Å². The Bertz CT molecular complexity index is 697. The summed E-state index contributed by atoms with van der Waals surface area (Å²) >= 11 is 0. The van der Waals surface area contributed by atoms with E-state index in [2.05, 4.69) is 25.1 Å². The third kappa shape index (κ3) is 2.72. The number of hydrogen-bond acceptors (Lipinski definition) is 6. The molecular weight excluding hydrogens is 256 g/mol. The van der Waals surface area contributed by atoms with Crippen molar-refractivity contribution in [2.45, 2.75) is 6.61 Å². The lowest BCUT2D eigenvalue weighted by molar-refractivity contribution is 0.296. The van der Waals surface area contributed by atoms with Crippen LogP contribution in [0.3, 0.4) is 0 Å². The first-order chi connectivity index (χ1) is 9.81. The van der Waals surface area contributed by atoms with E-state index in [1.807, 2.05) is 12.1 Å². The van der Waals surface area contributed by atoms with E-state index in [0.29, 0.717) is 28.8 Å². The largest absolute Gasteiger partial charge is 0.486 e. The first-order valence-electron chi connectivity index (χ1n) is 5.97. The maximum atomic E-state index is 5.68. The summed E-state index contributed by atoms with van der Waals surface area (Å²) in [5.74, 6) is 1.78. The third-order valence-corrected chi connectivity index (χ3v) is 2.56. The second kappa shape index (κ2) is 5.35. The molecule has 7 nitrogen and oxygen atoms in total. The van der Waals surface area contributed by atoms with Gasteiger partial charge in [0, 0.05) is 24.1 Å². The SMILES string of the molecule is Nc1cccc(OCc2nc(-c3cnccn3)n[nH]2)c1. The van der Waals surface area contributed by atoms with Crippen LogP contribution in [-0.2, 0) is 6.61 Å². The van der Waals surface area contributed by atoms with Crippen molar-refractivity contribution in [2.75, 3.05) is 5.73 Å². The molecule has 20 heavy (non-hydrogen) atoms. The van der Waals surface area contributed by atoms with Gasteiger partial charge in [-0.2, -0.15) is 5.10 Å². The lowest BCUT2D eigenvalue weighted by Crippen LogP contribution is -1.98. The first-order valence-corrected chi connectivity index (χ1v) is 5.97. The number of ether oxygens (including phenoxy) is 1. The number of hydrogen-bond donors (Lipinski definition) is 2. The standard InChI is InChI=1S/C13H12N6O/c14-9-2-1-3-10(6-9)20-8-12-17-13(19-18-12)11-7-15-4-5-16-11/h1-7H,8,14H2,(H,17,18,19). The van der Waals surface area contributed by atoms with Crippen LogP contribution in [-0.4, -0.2) is 25.1 Å². The highest BCUT2D eigenvalue weighted by molar-refractivity contribution is 5.46. The molecule has 0 saturated carbocycles. The number of rotatable bonds is 4. The Morgan fingerprint density at radius 3 is 3.00 bits per heavy atom. The minimum absolute atomic E-state index is 0.275. The molecule has 3 aromatic rings.